The molecule has 0 bridgehead atoms. The molecule has 6 nitrogen and oxygen atoms in total. The Morgan fingerprint density at radius 2 is 2.05 bits per heavy atom. The van der Waals surface area contributed by atoms with Crippen LogP contribution in [-0.2, 0) is 16.9 Å². The van der Waals surface area contributed by atoms with Crippen molar-refractivity contribution in [1.29, 1.82) is 0 Å². The molecule has 112 valence electrons. The minimum absolute atomic E-state index is 0.292. The minimum Gasteiger partial charge on any atom is -0.367 e. The lowest BCUT2D eigenvalue weighted by molar-refractivity contribution is -0.0469. The first kappa shape index (κ1) is 14.0. The van der Waals surface area contributed by atoms with Gasteiger partial charge in [0.25, 0.3) is 0 Å². The van der Waals surface area contributed by atoms with E-state index in [2.05, 4.69) is 20.4 Å². The lowest BCUT2D eigenvalue weighted by Crippen LogP contribution is -2.42. The summed E-state index contributed by atoms with van der Waals surface area (Å²) in [4.78, 5) is 6.96. The Hall–Kier alpha value is -0.980. The fraction of sp³-hybridized carbons (Fsp3) is 0.857. The van der Waals surface area contributed by atoms with E-state index in [1.54, 1.807) is 0 Å². The highest BCUT2D eigenvalue weighted by atomic mass is 16.5. The molecule has 2 aliphatic rings. The topological polar surface area (TPSA) is 63.4 Å². The maximum Gasteiger partial charge on any atom is 0.240 e. The SMILES string of the molecule is CCOC1(c2noc(CN3CCNCC3)n2)CCCC1. The second kappa shape index (κ2) is 6.20. The van der Waals surface area contributed by atoms with Gasteiger partial charge in [-0.25, -0.2) is 0 Å². The van der Waals surface area contributed by atoms with Gasteiger partial charge in [-0.3, -0.25) is 4.90 Å². The number of rotatable bonds is 5. The summed E-state index contributed by atoms with van der Waals surface area (Å²) in [5.41, 5.74) is -0.292. The molecule has 0 aromatic carbocycles. The third kappa shape index (κ3) is 2.87. The van der Waals surface area contributed by atoms with Crippen LogP contribution in [0, 0.1) is 0 Å². The van der Waals surface area contributed by atoms with E-state index in [0.717, 1.165) is 51.4 Å². The zero-order valence-electron chi connectivity index (χ0n) is 12.2. The van der Waals surface area contributed by atoms with Crippen molar-refractivity contribution in [2.45, 2.75) is 44.8 Å². The number of hydrogen-bond donors (Lipinski definition) is 1. The Labute approximate surface area is 119 Å². The van der Waals surface area contributed by atoms with E-state index in [1.165, 1.54) is 12.8 Å². The standard InChI is InChI=1S/C14H24N4O2/c1-2-19-14(5-3-4-6-14)13-16-12(20-17-13)11-18-9-7-15-8-10-18/h15H,2-11H2,1H3. The lowest BCUT2D eigenvalue weighted by Gasteiger charge is -2.26. The first-order chi connectivity index (χ1) is 9.82. The van der Waals surface area contributed by atoms with Gasteiger partial charge in [-0.2, -0.15) is 4.98 Å². The van der Waals surface area contributed by atoms with Crippen molar-refractivity contribution < 1.29 is 9.26 Å². The van der Waals surface area contributed by atoms with Crippen LogP contribution in [0.5, 0.6) is 0 Å². The summed E-state index contributed by atoms with van der Waals surface area (Å²) in [6, 6.07) is 0. The molecule has 6 heteroatoms. The van der Waals surface area contributed by atoms with Gasteiger partial charge in [-0.05, 0) is 32.6 Å². The molecule has 1 aromatic rings. The van der Waals surface area contributed by atoms with E-state index in [0.29, 0.717) is 12.5 Å². The fourth-order valence-corrected chi connectivity index (χ4v) is 3.22. The van der Waals surface area contributed by atoms with Gasteiger partial charge in [0.15, 0.2) is 0 Å². The first-order valence-electron chi connectivity index (χ1n) is 7.72. The summed E-state index contributed by atoms with van der Waals surface area (Å²) in [5.74, 6) is 1.47. The number of nitrogens with one attached hydrogen (secondary N) is 1. The van der Waals surface area contributed by atoms with Crippen molar-refractivity contribution in [3.8, 4) is 0 Å². The van der Waals surface area contributed by atoms with E-state index >= 15 is 0 Å². The van der Waals surface area contributed by atoms with Gasteiger partial charge >= 0.3 is 0 Å². The quantitative estimate of drug-likeness (QED) is 0.876. The van der Waals surface area contributed by atoms with Crippen molar-refractivity contribution in [3.63, 3.8) is 0 Å². The van der Waals surface area contributed by atoms with Crippen LogP contribution in [0.25, 0.3) is 0 Å². The van der Waals surface area contributed by atoms with E-state index in [1.807, 2.05) is 6.92 Å². The predicted octanol–water partition coefficient (Wildman–Crippen LogP) is 1.28. The minimum atomic E-state index is -0.292. The molecule has 2 fully saturated rings. The Kier molecular flexibility index (Phi) is 4.33. The van der Waals surface area contributed by atoms with Gasteiger partial charge in [-0.15, -0.1) is 0 Å². The first-order valence-corrected chi connectivity index (χ1v) is 7.72. The zero-order chi connectivity index (χ0) is 13.8. The second-order valence-corrected chi connectivity index (χ2v) is 5.67. The molecule has 1 aliphatic heterocycles. The number of nitrogens with zero attached hydrogens (tertiary/aromatic N) is 3. The molecule has 0 radical (unpaired) electrons. The molecule has 1 saturated carbocycles. The summed E-state index contributed by atoms with van der Waals surface area (Å²) < 4.78 is 11.4. The Morgan fingerprint density at radius 3 is 2.75 bits per heavy atom. The van der Waals surface area contributed by atoms with Crippen LogP contribution in [0.1, 0.15) is 44.3 Å². The average Bonchev–Trinajstić information content (AvgIpc) is 3.10. The molecule has 20 heavy (non-hydrogen) atoms. The average molecular weight is 280 g/mol. The predicted molar refractivity (Wildman–Crippen MR) is 74.2 cm³/mol. The molecule has 1 saturated heterocycles. The third-order valence-electron chi connectivity index (χ3n) is 4.28. The second-order valence-electron chi connectivity index (χ2n) is 5.67. The molecule has 0 amide bonds. The summed E-state index contributed by atoms with van der Waals surface area (Å²) in [5, 5.41) is 7.55. The van der Waals surface area contributed by atoms with E-state index in [-0.39, 0.29) is 5.60 Å². The lowest BCUT2D eigenvalue weighted by atomic mass is 10.0. The van der Waals surface area contributed by atoms with Gasteiger partial charge in [0.2, 0.25) is 11.7 Å². The Morgan fingerprint density at radius 1 is 1.30 bits per heavy atom. The monoisotopic (exact) mass is 280 g/mol. The fourth-order valence-electron chi connectivity index (χ4n) is 3.22. The Bertz CT molecular complexity index is 423. The van der Waals surface area contributed by atoms with Crippen LogP contribution in [0.3, 0.4) is 0 Å². The summed E-state index contributed by atoms with van der Waals surface area (Å²) in [6.45, 7) is 7.61. The van der Waals surface area contributed by atoms with Crippen LogP contribution in [0.15, 0.2) is 4.52 Å². The molecule has 1 aromatic heterocycles. The number of ether oxygens (including phenoxy) is 1. The number of aromatic nitrogens is 2. The van der Waals surface area contributed by atoms with Crippen molar-refractivity contribution in [3.05, 3.63) is 11.7 Å². The molecule has 1 aliphatic carbocycles. The number of hydrogen-bond acceptors (Lipinski definition) is 6. The molecule has 0 unspecified atom stereocenters. The summed E-state index contributed by atoms with van der Waals surface area (Å²) in [7, 11) is 0. The summed E-state index contributed by atoms with van der Waals surface area (Å²) in [6.07, 6.45) is 4.38. The highest BCUT2D eigenvalue weighted by Gasteiger charge is 2.40. The molecular weight excluding hydrogens is 256 g/mol. The van der Waals surface area contributed by atoms with Crippen LogP contribution in [-0.4, -0.2) is 47.8 Å². The molecular formula is C14H24N4O2. The van der Waals surface area contributed by atoms with Crippen molar-refractivity contribution in [2.24, 2.45) is 0 Å². The molecule has 3 rings (SSSR count). The van der Waals surface area contributed by atoms with Gasteiger partial charge in [0, 0.05) is 32.8 Å². The van der Waals surface area contributed by atoms with Crippen LogP contribution in [0.4, 0.5) is 0 Å². The van der Waals surface area contributed by atoms with Crippen molar-refractivity contribution in [1.82, 2.24) is 20.4 Å². The van der Waals surface area contributed by atoms with Gasteiger partial charge in [-0.1, -0.05) is 5.16 Å². The van der Waals surface area contributed by atoms with Crippen molar-refractivity contribution in [2.75, 3.05) is 32.8 Å². The van der Waals surface area contributed by atoms with Crippen LogP contribution in [0.2, 0.25) is 0 Å². The molecule has 0 spiro atoms. The Balaban J connectivity index is 1.68. The van der Waals surface area contributed by atoms with E-state index in [9.17, 15) is 0 Å². The number of piperazine rings is 1. The van der Waals surface area contributed by atoms with Gasteiger partial charge in [0.1, 0.15) is 5.60 Å². The van der Waals surface area contributed by atoms with Gasteiger partial charge < -0.3 is 14.6 Å². The molecule has 0 atom stereocenters. The largest absolute Gasteiger partial charge is 0.367 e. The maximum atomic E-state index is 5.97. The van der Waals surface area contributed by atoms with Crippen molar-refractivity contribution >= 4 is 0 Å². The van der Waals surface area contributed by atoms with Gasteiger partial charge in [0.05, 0.1) is 6.54 Å². The third-order valence-corrected chi connectivity index (χ3v) is 4.28. The molecule has 2 heterocycles. The highest BCUT2D eigenvalue weighted by Crippen LogP contribution is 2.40. The van der Waals surface area contributed by atoms with Crippen LogP contribution < -0.4 is 5.32 Å². The smallest absolute Gasteiger partial charge is 0.240 e. The highest BCUT2D eigenvalue weighted by molar-refractivity contribution is 5.04. The van der Waals surface area contributed by atoms with E-state index in [4.69, 9.17) is 9.26 Å². The maximum absolute atomic E-state index is 5.97. The normalized spacial score (nSPS) is 23.2. The molecule has 1 N–H and O–H groups in total. The van der Waals surface area contributed by atoms with E-state index < -0.39 is 0 Å². The summed E-state index contributed by atoms with van der Waals surface area (Å²) >= 11 is 0. The zero-order valence-corrected chi connectivity index (χ0v) is 12.2. The van der Waals surface area contributed by atoms with Crippen LogP contribution >= 0.6 is 0 Å².